The Bertz CT molecular complexity index is 690. The number of benzene rings is 1. The molecule has 1 unspecified atom stereocenters. The monoisotopic (exact) mass is 343 g/mol. The molecule has 1 aromatic rings. The lowest BCUT2D eigenvalue weighted by Gasteiger charge is -2.33. The molecule has 0 aliphatic carbocycles. The van der Waals surface area contributed by atoms with E-state index in [1.54, 1.807) is 0 Å². The summed E-state index contributed by atoms with van der Waals surface area (Å²) in [6.07, 6.45) is 1.68. The van der Waals surface area contributed by atoms with Crippen molar-refractivity contribution < 1.29 is 22.4 Å². The van der Waals surface area contributed by atoms with Gasteiger partial charge in [-0.3, -0.25) is 20.4 Å². The zero-order valence-electron chi connectivity index (χ0n) is 12.6. The van der Waals surface area contributed by atoms with Gasteiger partial charge in [0.15, 0.2) is 0 Å². The Morgan fingerprint density at radius 1 is 1.17 bits per heavy atom. The number of halogens is 1. The summed E-state index contributed by atoms with van der Waals surface area (Å²) in [6.45, 7) is 1.42. The summed E-state index contributed by atoms with van der Waals surface area (Å²) >= 11 is 0. The third-order valence-electron chi connectivity index (χ3n) is 3.54. The minimum Gasteiger partial charge on any atom is -0.274 e. The lowest BCUT2D eigenvalue weighted by molar-refractivity contribution is -0.130. The maximum absolute atomic E-state index is 13.0. The van der Waals surface area contributed by atoms with Crippen molar-refractivity contribution in [3.05, 3.63) is 30.1 Å². The molecule has 2 amide bonds. The fourth-order valence-corrected chi connectivity index (χ4v) is 4.09. The van der Waals surface area contributed by atoms with Gasteiger partial charge in [0.05, 0.1) is 4.90 Å². The molecule has 1 aliphatic rings. The lowest BCUT2D eigenvalue weighted by Crippen LogP contribution is -2.55. The van der Waals surface area contributed by atoms with Gasteiger partial charge in [-0.25, -0.2) is 12.8 Å². The van der Waals surface area contributed by atoms with Crippen LogP contribution in [0.15, 0.2) is 29.2 Å². The van der Waals surface area contributed by atoms with Crippen LogP contribution in [-0.2, 0) is 19.6 Å². The molecule has 0 spiro atoms. The van der Waals surface area contributed by atoms with Crippen LogP contribution in [0, 0.1) is 5.82 Å². The molecule has 7 nitrogen and oxygen atoms in total. The van der Waals surface area contributed by atoms with Gasteiger partial charge in [-0.1, -0.05) is 6.42 Å². The smallest absolute Gasteiger partial charge is 0.256 e. The molecule has 1 aliphatic heterocycles. The summed E-state index contributed by atoms with van der Waals surface area (Å²) in [5, 5.41) is 0. The Hall–Kier alpha value is -2.00. The molecule has 1 saturated heterocycles. The van der Waals surface area contributed by atoms with Gasteiger partial charge >= 0.3 is 0 Å². The van der Waals surface area contributed by atoms with Crippen molar-refractivity contribution in [2.45, 2.75) is 37.1 Å². The van der Waals surface area contributed by atoms with Crippen molar-refractivity contribution in [1.82, 2.24) is 15.2 Å². The van der Waals surface area contributed by atoms with Crippen LogP contribution in [-0.4, -0.2) is 37.1 Å². The number of piperidine rings is 1. The number of carbonyl (C=O) groups excluding carboxylic acids is 2. The minimum atomic E-state index is -3.92. The summed E-state index contributed by atoms with van der Waals surface area (Å²) in [6, 6.07) is 3.54. The van der Waals surface area contributed by atoms with Gasteiger partial charge in [0.25, 0.3) is 5.91 Å². The molecule has 0 aromatic heterocycles. The van der Waals surface area contributed by atoms with Crippen LogP contribution in [0.4, 0.5) is 4.39 Å². The van der Waals surface area contributed by atoms with Crippen molar-refractivity contribution in [2.75, 3.05) is 6.54 Å². The van der Waals surface area contributed by atoms with Crippen molar-refractivity contribution in [1.29, 1.82) is 0 Å². The van der Waals surface area contributed by atoms with E-state index in [0.29, 0.717) is 19.3 Å². The van der Waals surface area contributed by atoms with Gasteiger partial charge in [-0.15, -0.1) is 0 Å². The van der Waals surface area contributed by atoms with Crippen LogP contribution in [0.3, 0.4) is 0 Å². The Labute approximate surface area is 133 Å². The maximum Gasteiger partial charge on any atom is 0.256 e. The van der Waals surface area contributed by atoms with Gasteiger partial charge in [0.1, 0.15) is 11.9 Å². The van der Waals surface area contributed by atoms with Gasteiger partial charge < -0.3 is 0 Å². The number of rotatable bonds is 3. The molecule has 0 saturated carbocycles. The highest BCUT2D eigenvalue weighted by Gasteiger charge is 2.37. The number of sulfonamides is 1. The van der Waals surface area contributed by atoms with E-state index in [-0.39, 0.29) is 11.4 Å². The van der Waals surface area contributed by atoms with Crippen molar-refractivity contribution in [3.63, 3.8) is 0 Å². The van der Waals surface area contributed by atoms with Crippen LogP contribution in [0.25, 0.3) is 0 Å². The summed E-state index contributed by atoms with van der Waals surface area (Å²) < 4.78 is 39.5. The molecule has 23 heavy (non-hydrogen) atoms. The molecule has 1 aromatic carbocycles. The van der Waals surface area contributed by atoms with Crippen LogP contribution in [0.2, 0.25) is 0 Å². The third-order valence-corrected chi connectivity index (χ3v) is 5.46. The lowest BCUT2D eigenvalue weighted by atomic mass is 10.0. The van der Waals surface area contributed by atoms with Crippen LogP contribution < -0.4 is 10.9 Å². The number of hydrazine groups is 1. The number of amides is 2. The molecular formula is C14H18FN3O4S. The number of hydrogen-bond donors (Lipinski definition) is 2. The largest absolute Gasteiger partial charge is 0.274 e. The Morgan fingerprint density at radius 2 is 1.83 bits per heavy atom. The topological polar surface area (TPSA) is 95.6 Å². The van der Waals surface area contributed by atoms with Gasteiger partial charge in [0, 0.05) is 13.5 Å². The second-order valence-corrected chi connectivity index (χ2v) is 7.14. The van der Waals surface area contributed by atoms with E-state index in [4.69, 9.17) is 0 Å². The first-order valence-corrected chi connectivity index (χ1v) is 8.60. The van der Waals surface area contributed by atoms with E-state index in [1.807, 2.05) is 0 Å². The van der Waals surface area contributed by atoms with Gasteiger partial charge in [-0.05, 0) is 37.1 Å². The fraction of sp³-hybridized carbons (Fsp3) is 0.429. The van der Waals surface area contributed by atoms with Gasteiger partial charge in [-0.2, -0.15) is 4.31 Å². The number of nitrogens with zero attached hydrogens (tertiary/aromatic N) is 1. The van der Waals surface area contributed by atoms with Gasteiger partial charge in [0.2, 0.25) is 15.9 Å². The van der Waals surface area contributed by atoms with E-state index < -0.39 is 33.7 Å². The normalized spacial score (nSPS) is 19.1. The second kappa shape index (κ2) is 7.05. The zero-order chi connectivity index (χ0) is 17.0. The van der Waals surface area contributed by atoms with Crippen LogP contribution in [0.5, 0.6) is 0 Å². The molecule has 1 fully saturated rings. The maximum atomic E-state index is 13.0. The standard InChI is InChI=1S/C14H18FN3O4S/c1-10(19)16-17-14(20)13-4-2-3-9-18(13)23(21,22)12-7-5-11(15)6-8-12/h5-8,13H,2-4,9H2,1H3,(H,16,19)(H,17,20). The SMILES string of the molecule is CC(=O)NNC(=O)C1CCCCN1S(=O)(=O)c1ccc(F)cc1. The number of carbonyl (C=O) groups is 2. The van der Waals surface area contributed by atoms with Crippen LogP contribution in [0.1, 0.15) is 26.2 Å². The molecule has 0 radical (unpaired) electrons. The highest BCUT2D eigenvalue weighted by Crippen LogP contribution is 2.25. The number of nitrogens with one attached hydrogen (secondary N) is 2. The highest BCUT2D eigenvalue weighted by atomic mass is 32.2. The first-order chi connectivity index (χ1) is 10.8. The second-order valence-electron chi connectivity index (χ2n) is 5.25. The van der Waals surface area contributed by atoms with E-state index in [2.05, 4.69) is 10.9 Å². The quantitative estimate of drug-likeness (QED) is 0.783. The van der Waals surface area contributed by atoms with Crippen molar-refractivity contribution >= 4 is 21.8 Å². The van der Waals surface area contributed by atoms with E-state index in [9.17, 15) is 22.4 Å². The average Bonchev–Trinajstić information content (AvgIpc) is 2.53. The Morgan fingerprint density at radius 3 is 2.43 bits per heavy atom. The summed E-state index contributed by atoms with van der Waals surface area (Å²) in [4.78, 5) is 23.0. The molecular weight excluding hydrogens is 325 g/mol. The summed E-state index contributed by atoms with van der Waals surface area (Å²) in [7, 11) is -3.92. The van der Waals surface area contributed by atoms with E-state index in [1.165, 1.54) is 19.1 Å². The predicted octanol–water partition coefficient (Wildman–Crippen LogP) is 0.536. The third kappa shape index (κ3) is 4.05. The highest BCUT2D eigenvalue weighted by molar-refractivity contribution is 7.89. The molecule has 2 N–H and O–H groups in total. The first kappa shape index (κ1) is 17.4. The first-order valence-electron chi connectivity index (χ1n) is 7.16. The predicted molar refractivity (Wildman–Crippen MR) is 79.9 cm³/mol. The molecule has 0 bridgehead atoms. The zero-order valence-corrected chi connectivity index (χ0v) is 13.4. The Kier molecular flexibility index (Phi) is 5.32. The average molecular weight is 343 g/mol. The van der Waals surface area contributed by atoms with Crippen LogP contribution >= 0.6 is 0 Å². The fourth-order valence-electron chi connectivity index (χ4n) is 2.43. The molecule has 126 valence electrons. The van der Waals surface area contributed by atoms with E-state index in [0.717, 1.165) is 16.4 Å². The molecule has 1 heterocycles. The molecule has 1 atom stereocenters. The van der Waals surface area contributed by atoms with E-state index >= 15 is 0 Å². The van der Waals surface area contributed by atoms with Crippen molar-refractivity contribution in [2.24, 2.45) is 0 Å². The summed E-state index contributed by atoms with van der Waals surface area (Å²) in [5.41, 5.74) is 4.36. The van der Waals surface area contributed by atoms with Crippen molar-refractivity contribution in [3.8, 4) is 0 Å². The minimum absolute atomic E-state index is 0.0712. The molecule has 2 rings (SSSR count). The molecule has 9 heteroatoms. The number of hydrogen-bond acceptors (Lipinski definition) is 4. The summed E-state index contributed by atoms with van der Waals surface area (Å²) in [5.74, 6) is -1.59. The Balaban J connectivity index is 2.24.